The largest absolute Gasteiger partial charge is 0.452 e. The molecule has 0 radical (unpaired) electrons. The van der Waals surface area contributed by atoms with Crippen LogP contribution in [-0.4, -0.2) is 18.5 Å². The number of carbonyl (C=O) groups excluding carboxylic acids is 2. The summed E-state index contributed by atoms with van der Waals surface area (Å²) in [7, 11) is 0. The third kappa shape index (κ3) is 4.62. The van der Waals surface area contributed by atoms with Gasteiger partial charge in [-0.25, -0.2) is 13.6 Å². The van der Waals surface area contributed by atoms with Crippen molar-refractivity contribution in [1.82, 2.24) is 5.32 Å². The van der Waals surface area contributed by atoms with E-state index in [4.69, 9.17) is 4.74 Å². The van der Waals surface area contributed by atoms with Crippen molar-refractivity contribution >= 4 is 11.9 Å². The van der Waals surface area contributed by atoms with E-state index in [-0.39, 0.29) is 12.1 Å². The molecule has 0 aliphatic heterocycles. The average Bonchev–Trinajstić information content (AvgIpc) is 2.54. The van der Waals surface area contributed by atoms with Crippen LogP contribution in [0.15, 0.2) is 36.4 Å². The summed E-state index contributed by atoms with van der Waals surface area (Å²) in [5, 5.41) is 2.41. The van der Waals surface area contributed by atoms with E-state index in [9.17, 15) is 18.4 Å². The Morgan fingerprint density at radius 3 is 2.46 bits per heavy atom. The molecular formula is C18H17F2NO3. The van der Waals surface area contributed by atoms with Crippen LogP contribution in [0, 0.1) is 25.5 Å². The maximum Gasteiger partial charge on any atom is 0.338 e. The van der Waals surface area contributed by atoms with Crippen LogP contribution < -0.4 is 5.32 Å². The Morgan fingerprint density at radius 1 is 1.04 bits per heavy atom. The fraction of sp³-hybridized carbons (Fsp3) is 0.222. The van der Waals surface area contributed by atoms with Gasteiger partial charge in [-0.2, -0.15) is 0 Å². The molecule has 0 unspecified atom stereocenters. The van der Waals surface area contributed by atoms with Crippen LogP contribution in [0.3, 0.4) is 0 Å². The van der Waals surface area contributed by atoms with E-state index < -0.39 is 30.1 Å². The highest BCUT2D eigenvalue weighted by molar-refractivity contribution is 5.91. The van der Waals surface area contributed by atoms with Crippen LogP contribution in [0.2, 0.25) is 0 Å². The number of amides is 1. The molecule has 2 rings (SSSR count). The third-order valence-electron chi connectivity index (χ3n) is 3.57. The highest BCUT2D eigenvalue weighted by Gasteiger charge is 2.11. The Balaban J connectivity index is 1.84. The molecule has 1 amide bonds. The van der Waals surface area contributed by atoms with Gasteiger partial charge in [0.15, 0.2) is 6.61 Å². The van der Waals surface area contributed by atoms with Gasteiger partial charge in [-0.15, -0.1) is 0 Å². The molecule has 24 heavy (non-hydrogen) atoms. The lowest BCUT2D eigenvalue weighted by atomic mass is 10.1. The van der Waals surface area contributed by atoms with E-state index in [1.165, 1.54) is 6.07 Å². The molecule has 2 aromatic carbocycles. The molecule has 0 bridgehead atoms. The first-order valence-electron chi connectivity index (χ1n) is 7.32. The summed E-state index contributed by atoms with van der Waals surface area (Å²) < 4.78 is 31.1. The second kappa shape index (κ2) is 7.68. The SMILES string of the molecule is Cc1ccc(C(=O)OCC(=O)NCc2ccc(F)cc2F)cc1C. The maximum absolute atomic E-state index is 13.4. The number of carbonyl (C=O) groups is 2. The van der Waals surface area contributed by atoms with Crippen molar-refractivity contribution in [3.63, 3.8) is 0 Å². The van der Waals surface area contributed by atoms with Crippen LogP contribution in [0.1, 0.15) is 27.0 Å². The minimum Gasteiger partial charge on any atom is -0.452 e. The van der Waals surface area contributed by atoms with Crippen LogP contribution in [0.25, 0.3) is 0 Å². The van der Waals surface area contributed by atoms with Gasteiger partial charge in [-0.1, -0.05) is 12.1 Å². The van der Waals surface area contributed by atoms with Crippen molar-refractivity contribution in [3.8, 4) is 0 Å². The van der Waals surface area contributed by atoms with E-state index in [1.807, 2.05) is 13.8 Å². The minimum atomic E-state index is -0.748. The van der Waals surface area contributed by atoms with Crippen molar-refractivity contribution in [2.24, 2.45) is 0 Å². The van der Waals surface area contributed by atoms with Gasteiger partial charge in [0.25, 0.3) is 5.91 Å². The summed E-state index contributed by atoms with van der Waals surface area (Å²) in [6.45, 7) is 3.20. The van der Waals surface area contributed by atoms with Gasteiger partial charge in [0.05, 0.1) is 5.56 Å². The van der Waals surface area contributed by atoms with Crippen molar-refractivity contribution in [2.45, 2.75) is 20.4 Å². The molecule has 0 fully saturated rings. The van der Waals surface area contributed by atoms with Crippen LogP contribution in [0.4, 0.5) is 8.78 Å². The Kier molecular flexibility index (Phi) is 5.63. The molecule has 126 valence electrons. The van der Waals surface area contributed by atoms with Crippen LogP contribution in [-0.2, 0) is 16.1 Å². The van der Waals surface area contributed by atoms with Gasteiger partial charge in [0.2, 0.25) is 0 Å². The number of aryl methyl sites for hydroxylation is 2. The lowest BCUT2D eigenvalue weighted by Gasteiger charge is -2.08. The van der Waals surface area contributed by atoms with E-state index in [1.54, 1.807) is 18.2 Å². The maximum atomic E-state index is 13.4. The minimum absolute atomic E-state index is 0.119. The molecule has 0 saturated heterocycles. The molecule has 6 heteroatoms. The lowest BCUT2D eigenvalue weighted by Crippen LogP contribution is -2.28. The second-order valence-corrected chi connectivity index (χ2v) is 5.39. The van der Waals surface area contributed by atoms with Crippen molar-refractivity contribution < 1.29 is 23.1 Å². The standard InChI is InChI=1S/C18H17F2NO3/c1-11-3-4-13(7-12(11)2)18(23)24-10-17(22)21-9-14-5-6-15(19)8-16(14)20/h3-8H,9-10H2,1-2H3,(H,21,22). The monoisotopic (exact) mass is 333 g/mol. The van der Waals surface area contributed by atoms with Gasteiger partial charge in [0.1, 0.15) is 11.6 Å². The number of halogens is 2. The average molecular weight is 333 g/mol. The van der Waals surface area contributed by atoms with Crippen molar-refractivity contribution in [1.29, 1.82) is 0 Å². The fourth-order valence-electron chi connectivity index (χ4n) is 1.99. The molecule has 0 spiro atoms. The lowest BCUT2D eigenvalue weighted by molar-refractivity contribution is -0.124. The van der Waals surface area contributed by atoms with Crippen molar-refractivity contribution in [2.75, 3.05) is 6.61 Å². The molecule has 4 nitrogen and oxygen atoms in total. The van der Waals surface area contributed by atoms with E-state index in [0.29, 0.717) is 5.56 Å². The number of esters is 1. The van der Waals surface area contributed by atoms with E-state index >= 15 is 0 Å². The van der Waals surface area contributed by atoms with Crippen LogP contribution in [0.5, 0.6) is 0 Å². The second-order valence-electron chi connectivity index (χ2n) is 5.39. The van der Waals surface area contributed by atoms with Crippen LogP contribution >= 0.6 is 0 Å². The predicted molar refractivity (Wildman–Crippen MR) is 84.4 cm³/mol. The molecule has 0 aromatic heterocycles. The number of nitrogens with one attached hydrogen (secondary N) is 1. The Hall–Kier alpha value is -2.76. The zero-order valence-electron chi connectivity index (χ0n) is 13.4. The summed E-state index contributed by atoms with van der Waals surface area (Å²) in [6.07, 6.45) is 0. The number of hydrogen-bond donors (Lipinski definition) is 1. The fourth-order valence-corrected chi connectivity index (χ4v) is 1.99. The predicted octanol–water partition coefficient (Wildman–Crippen LogP) is 3.05. The molecule has 1 N–H and O–H groups in total. The van der Waals surface area contributed by atoms with E-state index in [0.717, 1.165) is 23.3 Å². The molecular weight excluding hydrogens is 316 g/mol. The normalized spacial score (nSPS) is 10.3. The summed E-state index contributed by atoms with van der Waals surface area (Å²) >= 11 is 0. The van der Waals surface area contributed by atoms with Gasteiger partial charge < -0.3 is 10.1 Å². The summed E-state index contributed by atoms with van der Waals surface area (Å²) in [5.74, 6) is -2.62. The quantitative estimate of drug-likeness (QED) is 0.856. The molecule has 0 aliphatic rings. The number of hydrogen-bond acceptors (Lipinski definition) is 3. The Bertz CT molecular complexity index is 775. The first kappa shape index (κ1) is 17.6. The summed E-state index contributed by atoms with van der Waals surface area (Å²) in [6, 6.07) is 8.18. The molecule has 0 atom stereocenters. The zero-order valence-corrected chi connectivity index (χ0v) is 13.4. The molecule has 0 heterocycles. The summed E-state index contributed by atoms with van der Waals surface area (Å²) in [4.78, 5) is 23.5. The first-order valence-corrected chi connectivity index (χ1v) is 7.32. The van der Waals surface area contributed by atoms with E-state index in [2.05, 4.69) is 5.32 Å². The Labute approximate surface area is 138 Å². The number of ether oxygens (including phenoxy) is 1. The highest BCUT2D eigenvalue weighted by atomic mass is 19.1. The topological polar surface area (TPSA) is 55.4 Å². The summed E-state index contributed by atoms with van der Waals surface area (Å²) in [5.41, 5.74) is 2.49. The zero-order chi connectivity index (χ0) is 17.7. The molecule has 2 aromatic rings. The van der Waals surface area contributed by atoms with Gasteiger partial charge in [-0.05, 0) is 43.2 Å². The smallest absolute Gasteiger partial charge is 0.338 e. The molecule has 0 saturated carbocycles. The van der Waals surface area contributed by atoms with Gasteiger partial charge in [-0.3, -0.25) is 4.79 Å². The highest BCUT2D eigenvalue weighted by Crippen LogP contribution is 2.11. The van der Waals surface area contributed by atoms with Crippen molar-refractivity contribution in [3.05, 3.63) is 70.3 Å². The Morgan fingerprint density at radius 2 is 1.79 bits per heavy atom. The number of benzene rings is 2. The van der Waals surface area contributed by atoms with Gasteiger partial charge >= 0.3 is 5.97 Å². The third-order valence-corrected chi connectivity index (χ3v) is 3.57. The molecule has 0 aliphatic carbocycles. The first-order chi connectivity index (χ1) is 11.4. The number of rotatable bonds is 5. The van der Waals surface area contributed by atoms with Gasteiger partial charge in [0, 0.05) is 18.2 Å².